The third kappa shape index (κ3) is 4.95. The number of hydrogen-bond acceptors (Lipinski definition) is 5. The molecule has 0 aliphatic rings. The van der Waals surface area contributed by atoms with Gasteiger partial charge in [-0.15, -0.1) is 9.42 Å². The molecule has 1 unspecified atom stereocenters. The van der Waals surface area contributed by atoms with Crippen molar-refractivity contribution in [2.45, 2.75) is 18.6 Å². The van der Waals surface area contributed by atoms with Gasteiger partial charge in [0.2, 0.25) is 0 Å². The average Bonchev–Trinajstić information content (AvgIpc) is 2.19. The van der Waals surface area contributed by atoms with Crippen LogP contribution < -0.4 is 16.0 Å². The third-order valence-electron chi connectivity index (χ3n) is 2.18. The molecule has 0 aliphatic heterocycles. The fourth-order valence-corrected chi connectivity index (χ4v) is 1.52. The second kappa shape index (κ2) is 7.23. The lowest BCUT2D eigenvalue weighted by Gasteiger charge is -2.32. The summed E-state index contributed by atoms with van der Waals surface area (Å²) in [4.78, 5) is 8.39. The number of rotatable bonds is 8. The quantitative estimate of drug-likeness (QED) is 0.258. The maximum atomic E-state index is 10.2. The van der Waals surface area contributed by atoms with E-state index in [0.29, 0.717) is 6.42 Å². The minimum absolute atomic E-state index is 0.276. The molecule has 0 aliphatic carbocycles. The molecule has 0 radical (unpaired) electrons. The standard InChI is InChI=1S/C7H18N3O3P/c1-8-7(9-2,10-3)5-4-6-13-14(11)12/h8-10H,4-6H2,1-3H3/p+1. The maximum absolute atomic E-state index is 10.2. The van der Waals surface area contributed by atoms with Gasteiger partial charge in [-0.25, -0.2) is 0 Å². The molecule has 0 amide bonds. The zero-order valence-corrected chi connectivity index (χ0v) is 9.73. The second-order valence-electron chi connectivity index (χ2n) is 2.83. The Morgan fingerprint density at radius 1 is 1.29 bits per heavy atom. The van der Waals surface area contributed by atoms with Crippen molar-refractivity contribution in [3.05, 3.63) is 0 Å². The van der Waals surface area contributed by atoms with E-state index in [0.717, 1.165) is 6.42 Å². The summed E-state index contributed by atoms with van der Waals surface area (Å²) in [5.41, 5.74) is 0. The lowest BCUT2D eigenvalue weighted by atomic mass is 10.2. The van der Waals surface area contributed by atoms with Crippen LogP contribution in [0.3, 0.4) is 0 Å². The smallest absolute Gasteiger partial charge is 0.290 e. The summed E-state index contributed by atoms with van der Waals surface area (Å²) in [5, 5.41) is 9.27. The SMILES string of the molecule is CNC(CCCO[P+](=O)O)(NC)NC. The van der Waals surface area contributed by atoms with Crippen LogP contribution in [0, 0.1) is 0 Å². The van der Waals surface area contributed by atoms with Crippen molar-refractivity contribution in [1.29, 1.82) is 0 Å². The van der Waals surface area contributed by atoms with Crippen molar-refractivity contribution in [2.75, 3.05) is 27.7 Å². The zero-order valence-electron chi connectivity index (χ0n) is 8.83. The third-order valence-corrected chi connectivity index (χ3v) is 2.58. The number of hydrogen-bond donors (Lipinski definition) is 4. The van der Waals surface area contributed by atoms with Crippen LogP contribution in [-0.4, -0.2) is 38.4 Å². The summed E-state index contributed by atoms with van der Waals surface area (Å²) >= 11 is 0. The topological polar surface area (TPSA) is 82.6 Å². The van der Waals surface area contributed by atoms with Gasteiger partial charge in [-0.1, -0.05) is 0 Å². The Morgan fingerprint density at radius 3 is 2.14 bits per heavy atom. The van der Waals surface area contributed by atoms with Crippen molar-refractivity contribution in [2.24, 2.45) is 0 Å². The van der Waals surface area contributed by atoms with Crippen LogP contribution in [0.5, 0.6) is 0 Å². The summed E-state index contributed by atoms with van der Waals surface area (Å²) in [6.07, 6.45) is 1.43. The normalized spacial score (nSPS) is 13.0. The molecular formula is C7H19N3O3P+. The second-order valence-corrected chi connectivity index (χ2v) is 3.56. The fourth-order valence-electron chi connectivity index (χ4n) is 1.23. The van der Waals surface area contributed by atoms with E-state index in [1.165, 1.54) is 0 Å². The van der Waals surface area contributed by atoms with E-state index in [4.69, 9.17) is 4.89 Å². The highest BCUT2D eigenvalue weighted by Crippen LogP contribution is 2.15. The van der Waals surface area contributed by atoms with Crippen LogP contribution in [0.4, 0.5) is 0 Å². The molecule has 4 N–H and O–H groups in total. The van der Waals surface area contributed by atoms with Crippen molar-refractivity contribution in [3.8, 4) is 0 Å². The Morgan fingerprint density at radius 2 is 1.79 bits per heavy atom. The monoisotopic (exact) mass is 224 g/mol. The largest absolute Gasteiger partial charge is 0.694 e. The van der Waals surface area contributed by atoms with Gasteiger partial charge in [-0.2, -0.15) is 0 Å². The van der Waals surface area contributed by atoms with Gasteiger partial charge >= 0.3 is 8.25 Å². The lowest BCUT2D eigenvalue weighted by molar-refractivity contribution is 0.196. The summed E-state index contributed by atoms with van der Waals surface area (Å²) in [7, 11) is 3.03. The first-order chi connectivity index (χ1) is 6.60. The zero-order chi connectivity index (χ0) is 11.0. The molecule has 0 aromatic carbocycles. The summed E-state index contributed by atoms with van der Waals surface area (Å²) in [6, 6.07) is 0. The molecule has 14 heavy (non-hydrogen) atoms. The molecule has 0 aromatic heterocycles. The first-order valence-corrected chi connectivity index (χ1v) is 5.59. The summed E-state index contributed by atoms with van der Waals surface area (Å²) < 4.78 is 14.8. The van der Waals surface area contributed by atoms with Gasteiger partial charge in [0.05, 0.1) is 0 Å². The van der Waals surface area contributed by atoms with Crippen molar-refractivity contribution in [3.63, 3.8) is 0 Å². The molecular weight excluding hydrogens is 205 g/mol. The van der Waals surface area contributed by atoms with Gasteiger partial charge in [-0.3, -0.25) is 16.0 Å². The lowest BCUT2D eigenvalue weighted by Crippen LogP contribution is -2.63. The van der Waals surface area contributed by atoms with E-state index < -0.39 is 8.25 Å². The average molecular weight is 224 g/mol. The van der Waals surface area contributed by atoms with Gasteiger partial charge in [0.25, 0.3) is 0 Å². The van der Waals surface area contributed by atoms with Gasteiger partial charge in [-0.05, 0) is 34.0 Å². The Bertz CT molecular complexity index is 167. The van der Waals surface area contributed by atoms with Crippen molar-refractivity contribution in [1.82, 2.24) is 16.0 Å². The van der Waals surface area contributed by atoms with E-state index in [-0.39, 0.29) is 12.4 Å². The van der Waals surface area contributed by atoms with Crippen LogP contribution in [0.15, 0.2) is 0 Å². The molecule has 1 atom stereocenters. The predicted octanol–water partition coefficient (Wildman–Crippen LogP) is -0.255. The maximum Gasteiger partial charge on any atom is 0.694 e. The van der Waals surface area contributed by atoms with E-state index in [9.17, 15) is 4.57 Å². The summed E-state index contributed by atoms with van der Waals surface area (Å²) in [6.45, 7) is 0.276. The minimum Gasteiger partial charge on any atom is -0.290 e. The summed E-state index contributed by atoms with van der Waals surface area (Å²) in [5.74, 6) is -0.343. The highest BCUT2D eigenvalue weighted by molar-refractivity contribution is 7.32. The first-order valence-electron chi connectivity index (χ1n) is 4.46. The van der Waals surface area contributed by atoms with Crippen LogP contribution in [0.2, 0.25) is 0 Å². The highest BCUT2D eigenvalue weighted by Gasteiger charge is 2.23. The van der Waals surface area contributed by atoms with Crippen LogP contribution >= 0.6 is 8.25 Å². The van der Waals surface area contributed by atoms with Crippen molar-refractivity contribution >= 4 is 8.25 Å². The first kappa shape index (κ1) is 13.9. The fraction of sp³-hybridized carbons (Fsp3) is 1.00. The van der Waals surface area contributed by atoms with E-state index in [2.05, 4.69) is 20.5 Å². The molecule has 84 valence electrons. The highest BCUT2D eigenvalue weighted by atomic mass is 31.1. The van der Waals surface area contributed by atoms with Crippen LogP contribution in [0.25, 0.3) is 0 Å². The van der Waals surface area contributed by atoms with E-state index in [1.807, 2.05) is 21.1 Å². The molecule has 0 aromatic rings. The molecule has 0 bridgehead atoms. The molecule has 0 heterocycles. The Labute approximate surface area is 85.4 Å². The van der Waals surface area contributed by atoms with Crippen molar-refractivity contribution < 1.29 is 14.0 Å². The number of nitrogens with one attached hydrogen (secondary N) is 3. The van der Waals surface area contributed by atoms with Gasteiger partial charge in [0.1, 0.15) is 12.4 Å². The Kier molecular flexibility index (Phi) is 7.17. The van der Waals surface area contributed by atoms with Crippen LogP contribution in [-0.2, 0) is 9.09 Å². The van der Waals surface area contributed by atoms with E-state index >= 15 is 0 Å². The molecule has 0 rings (SSSR count). The molecule has 7 heteroatoms. The molecule has 0 spiro atoms. The van der Waals surface area contributed by atoms with Gasteiger partial charge < -0.3 is 0 Å². The molecule has 6 nitrogen and oxygen atoms in total. The predicted molar refractivity (Wildman–Crippen MR) is 54.9 cm³/mol. The minimum atomic E-state index is -2.47. The molecule has 0 saturated heterocycles. The molecule has 0 saturated carbocycles. The van der Waals surface area contributed by atoms with Gasteiger partial charge in [0, 0.05) is 4.57 Å². The van der Waals surface area contributed by atoms with E-state index in [1.54, 1.807) is 0 Å². The Hall–Kier alpha value is -0.100. The molecule has 0 fully saturated rings. The Balaban J connectivity index is 3.77. The van der Waals surface area contributed by atoms with Crippen LogP contribution in [0.1, 0.15) is 12.8 Å². The van der Waals surface area contributed by atoms with Gasteiger partial charge in [0.15, 0.2) is 0 Å².